The highest BCUT2D eigenvalue weighted by Gasteiger charge is 2.57. The first kappa shape index (κ1) is 25.6. The highest BCUT2D eigenvalue weighted by atomic mass is 16.5. The number of amides is 2. The van der Waals surface area contributed by atoms with Crippen LogP contribution in [0.4, 0.5) is 0 Å². The molecule has 3 aromatic rings. The number of likely N-dealkylation sites (tertiary alicyclic amines) is 1. The fourth-order valence-corrected chi connectivity index (χ4v) is 5.32. The third-order valence-electron chi connectivity index (χ3n) is 7.45. The van der Waals surface area contributed by atoms with Gasteiger partial charge in [-0.05, 0) is 60.4 Å². The Hall–Kier alpha value is -4.00. The zero-order valence-corrected chi connectivity index (χ0v) is 22.1. The Kier molecular flexibility index (Phi) is 7.54. The van der Waals surface area contributed by atoms with E-state index in [2.05, 4.69) is 5.32 Å². The van der Waals surface area contributed by atoms with E-state index >= 15 is 0 Å². The van der Waals surface area contributed by atoms with Gasteiger partial charge in [0, 0.05) is 43.0 Å². The van der Waals surface area contributed by atoms with Crippen molar-refractivity contribution in [2.75, 3.05) is 27.3 Å². The maximum atomic E-state index is 13.0. The van der Waals surface area contributed by atoms with Crippen LogP contribution in [-0.2, 0) is 17.8 Å². The Labute approximate surface area is 223 Å². The maximum Gasteiger partial charge on any atom is 0.254 e. The van der Waals surface area contributed by atoms with Crippen molar-refractivity contribution >= 4 is 11.8 Å². The summed E-state index contributed by atoms with van der Waals surface area (Å²) in [5.74, 6) is 2.75. The summed E-state index contributed by atoms with van der Waals surface area (Å²) in [7, 11) is 3.23. The molecule has 3 atom stereocenters. The number of hydrogen-bond donors (Lipinski definition) is 1. The van der Waals surface area contributed by atoms with Crippen LogP contribution in [0.25, 0.3) is 0 Å². The van der Waals surface area contributed by atoms with E-state index in [1.165, 1.54) is 0 Å². The molecule has 1 aliphatic carbocycles. The quantitative estimate of drug-likeness (QED) is 0.434. The lowest BCUT2D eigenvalue weighted by atomic mass is 10.1. The van der Waals surface area contributed by atoms with Gasteiger partial charge in [-0.3, -0.25) is 9.59 Å². The number of rotatable bonds is 10. The molecule has 1 saturated carbocycles. The SMILES string of the molecule is COc1cc(C)cc(C(=O)N2C[C@@H]3C(NC(=O)CCc4ccc(OCc5ccccc5)c(OC)c4)[C@@H]3C2)c1. The molecule has 38 heavy (non-hydrogen) atoms. The smallest absolute Gasteiger partial charge is 0.254 e. The number of nitrogens with one attached hydrogen (secondary N) is 1. The molecular formula is C31H34N2O5. The lowest BCUT2D eigenvalue weighted by Gasteiger charge is -2.21. The monoisotopic (exact) mass is 514 g/mol. The second-order valence-corrected chi connectivity index (χ2v) is 10.1. The topological polar surface area (TPSA) is 77.1 Å². The number of carbonyl (C=O) groups is 2. The Morgan fingerprint density at radius 1 is 0.895 bits per heavy atom. The van der Waals surface area contributed by atoms with Crippen LogP contribution in [0.15, 0.2) is 66.7 Å². The molecule has 0 aromatic heterocycles. The number of piperidine rings is 1. The molecule has 7 heteroatoms. The normalized spacial score (nSPS) is 19.4. The van der Waals surface area contributed by atoms with Crippen molar-refractivity contribution in [1.82, 2.24) is 10.2 Å². The highest BCUT2D eigenvalue weighted by molar-refractivity contribution is 5.95. The minimum Gasteiger partial charge on any atom is -0.497 e. The number of nitrogens with zero attached hydrogens (tertiary/aromatic N) is 1. The Morgan fingerprint density at radius 2 is 1.66 bits per heavy atom. The van der Waals surface area contributed by atoms with Crippen molar-refractivity contribution in [2.45, 2.75) is 32.4 Å². The van der Waals surface area contributed by atoms with Gasteiger partial charge in [0.05, 0.1) is 14.2 Å². The first-order chi connectivity index (χ1) is 18.4. The first-order valence-electron chi connectivity index (χ1n) is 13.0. The van der Waals surface area contributed by atoms with Crippen LogP contribution in [0.1, 0.15) is 33.5 Å². The van der Waals surface area contributed by atoms with E-state index in [0.29, 0.717) is 67.2 Å². The zero-order valence-electron chi connectivity index (χ0n) is 22.1. The molecule has 0 spiro atoms. The van der Waals surface area contributed by atoms with E-state index in [-0.39, 0.29) is 17.9 Å². The third-order valence-corrected chi connectivity index (χ3v) is 7.45. The second kappa shape index (κ2) is 11.2. The van der Waals surface area contributed by atoms with Crippen LogP contribution >= 0.6 is 0 Å². The number of carbonyl (C=O) groups excluding carboxylic acids is 2. The van der Waals surface area contributed by atoms with Crippen molar-refractivity contribution in [3.05, 3.63) is 89.0 Å². The number of hydrogen-bond acceptors (Lipinski definition) is 5. The van der Waals surface area contributed by atoms with Gasteiger partial charge >= 0.3 is 0 Å². The van der Waals surface area contributed by atoms with Gasteiger partial charge in [-0.15, -0.1) is 0 Å². The molecule has 0 radical (unpaired) electrons. The number of fused-ring (bicyclic) bond motifs is 1. The van der Waals surface area contributed by atoms with Gasteiger partial charge in [-0.25, -0.2) is 0 Å². The third kappa shape index (κ3) is 5.77. The number of methoxy groups -OCH3 is 2. The van der Waals surface area contributed by atoms with Crippen molar-refractivity contribution in [3.8, 4) is 17.2 Å². The minimum absolute atomic E-state index is 0.0226. The van der Waals surface area contributed by atoms with E-state index < -0.39 is 0 Å². The molecule has 7 nitrogen and oxygen atoms in total. The summed E-state index contributed by atoms with van der Waals surface area (Å²) in [6, 6.07) is 21.5. The molecule has 0 bridgehead atoms. The molecule has 1 saturated heterocycles. The molecule has 3 aromatic carbocycles. The average Bonchev–Trinajstić information content (AvgIpc) is 3.36. The molecule has 2 aliphatic rings. The van der Waals surface area contributed by atoms with Gasteiger partial charge < -0.3 is 24.4 Å². The lowest BCUT2D eigenvalue weighted by molar-refractivity contribution is -0.121. The van der Waals surface area contributed by atoms with E-state index in [1.807, 2.05) is 72.5 Å². The summed E-state index contributed by atoms with van der Waals surface area (Å²) < 4.78 is 16.8. The van der Waals surface area contributed by atoms with Crippen LogP contribution in [-0.4, -0.2) is 50.1 Å². The summed E-state index contributed by atoms with van der Waals surface area (Å²) in [6.07, 6.45) is 1.01. The van der Waals surface area contributed by atoms with Crippen molar-refractivity contribution in [1.29, 1.82) is 0 Å². The van der Waals surface area contributed by atoms with Gasteiger partial charge in [0.1, 0.15) is 12.4 Å². The summed E-state index contributed by atoms with van der Waals surface area (Å²) in [5, 5.41) is 3.18. The van der Waals surface area contributed by atoms with Gasteiger partial charge in [-0.2, -0.15) is 0 Å². The predicted octanol–water partition coefficient (Wildman–Crippen LogP) is 4.41. The number of ether oxygens (including phenoxy) is 3. The lowest BCUT2D eigenvalue weighted by Crippen LogP contribution is -2.37. The first-order valence-corrected chi connectivity index (χ1v) is 13.0. The molecule has 1 unspecified atom stereocenters. The van der Waals surface area contributed by atoms with Gasteiger partial charge in [0.25, 0.3) is 5.91 Å². The fourth-order valence-electron chi connectivity index (χ4n) is 5.32. The van der Waals surface area contributed by atoms with Crippen LogP contribution in [0.2, 0.25) is 0 Å². The molecule has 198 valence electrons. The molecule has 5 rings (SSSR count). The summed E-state index contributed by atoms with van der Waals surface area (Å²) in [6.45, 7) is 3.76. The maximum absolute atomic E-state index is 13.0. The van der Waals surface area contributed by atoms with E-state index in [1.54, 1.807) is 20.3 Å². The minimum atomic E-state index is 0.0226. The van der Waals surface area contributed by atoms with Crippen LogP contribution in [0, 0.1) is 18.8 Å². The van der Waals surface area contributed by atoms with Crippen molar-refractivity contribution < 1.29 is 23.8 Å². The molecule has 2 fully saturated rings. The average molecular weight is 515 g/mol. The molecule has 1 heterocycles. The summed E-state index contributed by atoms with van der Waals surface area (Å²) >= 11 is 0. The Bertz CT molecular complexity index is 1300. The van der Waals surface area contributed by atoms with Gasteiger partial charge in [0.15, 0.2) is 11.5 Å². The summed E-state index contributed by atoms with van der Waals surface area (Å²) in [4.78, 5) is 27.5. The standard InChI is InChI=1S/C31H34N2O5/c1-20-13-23(16-24(14-20)36-2)31(35)33-17-25-26(18-33)30(25)32-29(34)12-10-21-9-11-27(28(15-21)37-3)38-19-22-7-5-4-6-8-22/h4-9,11,13-16,25-26,30H,10,12,17-19H2,1-3H3,(H,32,34)/t25-,26+,30?. The summed E-state index contributed by atoms with van der Waals surface area (Å²) in [5.41, 5.74) is 3.75. The molecule has 1 N–H and O–H groups in total. The Balaban J connectivity index is 1.08. The van der Waals surface area contributed by atoms with E-state index in [0.717, 1.165) is 16.7 Å². The highest BCUT2D eigenvalue weighted by Crippen LogP contribution is 2.46. The van der Waals surface area contributed by atoms with Crippen LogP contribution in [0.5, 0.6) is 17.2 Å². The van der Waals surface area contributed by atoms with Gasteiger partial charge in [-0.1, -0.05) is 36.4 Å². The fraction of sp³-hybridized carbons (Fsp3) is 0.355. The molecule has 2 amide bonds. The number of benzene rings is 3. The predicted molar refractivity (Wildman–Crippen MR) is 145 cm³/mol. The largest absolute Gasteiger partial charge is 0.497 e. The Morgan fingerprint density at radius 3 is 2.37 bits per heavy atom. The van der Waals surface area contributed by atoms with Gasteiger partial charge in [0.2, 0.25) is 5.91 Å². The second-order valence-electron chi connectivity index (χ2n) is 10.1. The molecular weight excluding hydrogens is 480 g/mol. The van der Waals surface area contributed by atoms with Crippen LogP contribution < -0.4 is 19.5 Å². The van der Waals surface area contributed by atoms with Crippen LogP contribution in [0.3, 0.4) is 0 Å². The number of aryl methyl sites for hydroxylation is 2. The molecule has 1 aliphatic heterocycles. The van der Waals surface area contributed by atoms with E-state index in [4.69, 9.17) is 14.2 Å². The van der Waals surface area contributed by atoms with Crippen molar-refractivity contribution in [2.24, 2.45) is 11.8 Å². The van der Waals surface area contributed by atoms with E-state index in [9.17, 15) is 9.59 Å². The zero-order chi connectivity index (χ0) is 26.6. The van der Waals surface area contributed by atoms with Crippen molar-refractivity contribution in [3.63, 3.8) is 0 Å².